The third-order valence-corrected chi connectivity index (χ3v) is 4.37. The van der Waals surface area contributed by atoms with Crippen LogP contribution in [0.4, 0.5) is 4.79 Å². The van der Waals surface area contributed by atoms with Crippen molar-refractivity contribution >= 4 is 6.09 Å². The van der Waals surface area contributed by atoms with Gasteiger partial charge in [-0.3, -0.25) is 0 Å². The van der Waals surface area contributed by atoms with E-state index in [1.807, 2.05) is 41.5 Å². The molecule has 0 spiro atoms. The Morgan fingerprint density at radius 3 is 2.18 bits per heavy atom. The van der Waals surface area contributed by atoms with Crippen molar-refractivity contribution in [2.75, 3.05) is 13.1 Å². The molecule has 1 saturated carbocycles. The van der Waals surface area contributed by atoms with Crippen LogP contribution in [-0.4, -0.2) is 52.5 Å². The van der Waals surface area contributed by atoms with E-state index in [0.29, 0.717) is 19.1 Å². The summed E-state index contributed by atoms with van der Waals surface area (Å²) in [6.07, 6.45) is 0.249. The predicted molar refractivity (Wildman–Crippen MR) is 88.9 cm³/mol. The molecule has 5 heteroatoms. The summed E-state index contributed by atoms with van der Waals surface area (Å²) in [5.41, 5.74) is -0.884. The van der Waals surface area contributed by atoms with Gasteiger partial charge in [0.2, 0.25) is 0 Å². The van der Waals surface area contributed by atoms with E-state index in [1.54, 1.807) is 4.90 Å². The fourth-order valence-corrected chi connectivity index (χ4v) is 2.62. The molecule has 0 aromatic carbocycles. The molecule has 0 aliphatic heterocycles. The summed E-state index contributed by atoms with van der Waals surface area (Å²) in [5, 5.41) is 13.2. The quantitative estimate of drug-likeness (QED) is 0.837. The molecule has 0 saturated heterocycles. The highest BCUT2D eigenvalue weighted by Gasteiger charge is 2.46. The molecule has 2 atom stereocenters. The third kappa shape index (κ3) is 4.85. The van der Waals surface area contributed by atoms with Crippen molar-refractivity contribution in [3.8, 4) is 0 Å². The van der Waals surface area contributed by atoms with Crippen molar-refractivity contribution in [1.82, 2.24) is 10.2 Å². The molecule has 1 fully saturated rings. The maximum absolute atomic E-state index is 12.4. The zero-order valence-electron chi connectivity index (χ0n) is 15.5. The minimum Gasteiger partial charge on any atom is -0.444 e. The molecular formula is C17H34N2O3. The summed E-state index contributed by atoms with van der Waals surface area (Å²) in [7, 11) is 0. The molecule has 22 heavy (non-hydrogen) atoms. The molecule has 1 aliphatic rings. The lowest BCUT2D eigenvalue weighted by molar-refractivity contribution is -0.0732. The van der Waals surface area contributed by atoms with Crippen LogP contribution in [-0.2, 0) is 4.74 Å². The number of nitrogens with zero attached hydrogens (tertiary/aromatic N) is 1. The average Bonchev–Trinajstić information content (AvgIpc) is 2.28. The molecule has 0 heterocycles. The van der Waals surface area contributed by atoms with Crippen LogP contribution in [0.25, 0.3) is 0 Å². The highest BCUT2D eigenvalue weighted by molar-refractivity contribution is 5.69. The van der Waals surface area contributed by atoms with E-state index in [2.05, 4.69) is 19.2 Å². The minimum absolute atomic E-state index is 0.0987. The number of aliphatic hydroxyl groups excluding tert-OH is 1. The van der Waals surface area contributed by atoms with Gasteiger partial charge in [0, 0.05) is 30.1 Å². The lowest BCUT2D eigenvalue weighted by Crippen LogP contribution is -2.61. The lowest BCUT2D eigenvalue weighted by Gasteiger charge is -2.50. The molecule has 130 valence electrons. The molecule has 1 aliphatic carbocycles. The predicted octanol–water partition coefficient (Wildman–Crippen LogP) is 2.77. The second kappa shape index (κ2) is 6.36. The SMILES string of the molecule is CC(C)(C)OC(=O)N(CCNC1CC(O)C1(C)C)C(C)(C)C. The lowest BCUT2D eigenvalue weighted by atomic mass is 9.64. The maximum Gasteiger partial charge on any atom is 0.410 e. The molecular weight excluding hydrogens is 280 g/mol. The van der Waals surface area contributed by atoms with Gasteiger partial charge >= 0.3 is 6.09 Å². The Bertz CT molecular complexity index is 394. The molecule has 0 aromatic heterocycles. The first-order chi connectivity index (χ1) is 9.75. The highest BCUT2D eigenvalue weighted by Crippen LogP contribution is 2.40. The number of rotatable bonds is 4. The molecule has 1 amide bonds. The molecule has 2 unspecified atom stereocenters. The van der Waals surface area contributed by atoms with Crippen LogP contribution in [0.3, 0.4) is 0 Å². The second-order valence-corrected chi connectivity index (χ2v) is 8.88. The smallest absolute Gasteiger partial charge is 0.410 e. The zero-order valence-corrected chi connectivity index (χ0v) is 15.5. The zero-order chi connectivity index (χ0) is 17.3. The van der Waals surface area contributed by atoms with Crippen molar-refractivity contribution < 1.29 is 14.6 Å². The van der Waals surface area contributed by atoms with E-state index in [-0.39, 0.29) is 23.2 Å². The topological polar surface area (TPSA) is 61.8 Å². The van der Waals surface area contributed by atoms with Gasteiger partial charge in [-0.15, -0.1) is 0 Å². The molecule has 0 bridgehead atoms. The molecule has 0 aromatic rings. The fourth-order valence-electron chi connectivity index (χ4n) is 2.62. The first-order valence-corrected chi connectivity index (χ1v) is 8.17. The Morgan fingerprint density at radius 2 is 1.82 bits per heavy atom. The van der Waals surface area contributed by atoms with Gasteiger partial charge in [-0.25, -0.2) is 4.79 Å². The monoisotopic (exact) mass is 314 g/mol. The Labute approximate surface area is 135 Å². The van der Waals surface area contributed by atoms with Crippen LogP contribution in [0.5, 0.6) is 0 Å². The number of hydrogen-bond acceptors (Lipinski definition) is 4. The van der Waals surface area contributed by atoms with Gasteiger partial charge in [-0.2, -0.15) is 0 Å². The summed E-state index contributed by atoms with van der Waals surface area (Å²) in [4.78, 5) is 14.1. The maximum atomic E-state index is 12.4. The van der Waals surface area contributed by atoms with Crippen LogP contribution in [0, 0.1) is 5.41 Å². The van der Waals surface area contributed by atoms with Gasteiger partial charge < -0.3 is 20.1 Å². The Kier molecular flexibility index (Phi) is 5.56. The van der Waals surface area contributed by atoms with E-state index >= 15 is 0 Å². The summed E-state index contributed by atoms with van der Waals surface area (Å²) < 4.78 is 5.50. The first-order valence-electron chi connectivity index (χ1n) is 8.17. The molecule has 1 rings (SSSR count). The van der Waals surface area contributed by atoms with Crippen molar-refractivity contribution in [3.05, 3.63) is 0 Å². The molecule has 5 nitrogen and oxygen atoms in total. The van der Waals surface area contributed by atoms with E-state index in [0.717, 1.165) is 6.42 Å². The summed E-state index contributed by atoms with van der Waals surface area (Å²) in [6, 6.07) is 0.294. The number of amides is 1. The Morgan fingerprint density at radius 1 is 1.27 bits per heavy atom. The number of aliphatic hydroxyl groups is 1. The number of hydrogen-bond donors (Lipinski definition) is 2. The van der Waals surface area contributed by atoms with Crippen LogP contribution in [0.1, 0.15) is 61.8 Å². The van der Waals surface area contributed by atoms with Crippen LogP contribution in [0.2, 0.25) is 0 Å². The van der Waals surface area contributed by atoms with Gasteiger partial charge in [-0.1, -0.05) is 13.8 Å². The standard InChI is InChI=1S/C17H34N2O3/c1-15(2,3)19(14(21)22-16(4,5)6)10-9-18-12-11-13(20)17(12,7)8/h12-13,18,20H,9-11H2,1-8H3. The Hall–Kier alpha value is -0.810. The fraction of sp³-hybridized carbons (Fsp3) is 0.941. The Balaban J connectivity index is 2.55. The van der Waals surface area contributed by atoms with Gasteiger partial charge in [0.1, 0.15) is 5.60 Å². The number of carbonyl (C=O) groups excluding carboxylic acids is 1. The molecule has 2 N–H and O–H groups in total. The summed E-state index contributed by atoms with van der Waals surface area (Å²) >= 11 is 0. The summed E-state index contributed by atoms with van der Waals surface area (Å²) in [6.45, 7) is 17.1. The number of ether oxygens (including phenoxy) is 1. The minimum atomic E-state index is -0.492. The normalized spacial score (nSPS) is 24.6. The van der Waals surface area contributed by atoms with Gasteiger partial charge in [0.25, 0.3) is 0 Å². The van der Waals surface area contributed by atoms with E-state index < -0.39 is 5.60 Å². The van der Waals surface area contributed by atoms with Crippen molar-refractivity contribution in [2.24, 2.45) is 5.41 Å². The van der Waals surface area contributed by atoms with Gasteiger partial charge in [0.15, 0.2) is 0 Å². The third-order valence-electron chi connectivity index (χ3n) is 4.37. The van der Waals surface area contributed by atoms with E-state index in [1.165, 1.54) is 0 Å². The molecule has 0 radical (unpaired) electrons. The van der Waals surface area contributed by atoms with E-state index in [9.17, 15) is 9.90 Å². The van der Waals surface area contributed by atoms with E-state index in [4.69, 9.17) is 4.74 Å². The van der Waals surface area contributed by atoms with Crippen LogP contribution >= 0.6 is 0 Å². The first kappa shape index (κ1) is 19.2. The second-order valence-electron chi connectivity index (χ2n) is 8.88. The van der Waals surface area contributed by atoms with Crippen molar-refractivity contribution in [3.63, 3.8) is 0 Å². The summed E-state index contributed by atoms with van der Waals surface area (Å²) in [5.74, 6) is 0. The number of carbonyl (C=O) groups is 1. The van der Waals surface area contributed by atoms with Crippen LogP contribution < -0.4 is 5.32 Å². The van der Waals surface area contributed by atoms with Gasteiger partial charge in [0.05, 0.1) is 6.10 Å². The van der Waals surface area contributed by atoms with Crippen LogP contribution in [0.15, 0.2) is 0 Å². The number of nitrogens with one attached hydrogen (secondary N) is 1. The largest absolute Gasteiger partial charge is 0.444 e. The van der Waals surface area contributed by atoms with Crippen molar-refractivity contribution in [1.29, 1.82) is 0 Å². The highest BCUT2D eigenvalue weighted by atomic mass is 16.6. The van der Waals surface area contributed by atoms with Gasteiger partial charge in [-0.05, 0) is 48.0 Å². The average molecular weight is 314 g/mol. The van der Waals surface area contributed by atoms with Crippen molar-refractivity contribution in [2.45, 2.75) is 85.1 Å².